The quantitative estimate of drug-likeness (QED) is 0.683. The number of fused-ring (bicyclic) bond motifs is 1. The van der Waals surface area contributed by atoms with Crippen LogP contribution in [-0.2, 0) is 17.9 Å². The van der Waals surface area contributed by atoms with Crippen molar-refractivity contribution in [3.05, 3.63) is 74.3 Å². The van der Waals surface area contributed by atoms with Gasteiger partial charge in [0.25, 0.3) is 5.56 Å². The highest BCUT2D eigenvalue weighted by molar-refractivity contribution is 6.42. The summed E-state index contributed by atoms with van der Waals surface area (Å²) < 4.78 is 1.33. The summed E-state index contributed by atoms with van der Waals surface area (Å²) in [6.07, 6.45) is 1.41. The van der Waals surface area contributed by atoms with E-state index in [2.05, 4.69) is 4.98 Å². The Kier molecular flexibility index (Phi) is 5.30. The van der Waals surface area contributed by atoms with Crippen LogP contribution < -0.4 is 5.56 Å². The van der Waals surface area contributed by atoms with Crippen LogP contribution in [0.15, 0.2) is 47.5 Å². The molecule has 3 aromatic rings. The zero-order chi connectivity index (χ0) is 18.8. The molecule has 0 fully saturated rings. The molecule has 0 aliphatic rings. The van der Waals surface area contributed by atoms with Crippen LogP contribution in [0.2, 0.25) is 10.0 Å². The van der Waals surface area contributed by atoms with Gasteiger partial charge in [0.05, 0.1) is 27.3 Å². The molecule has 134 valence electrons. The van der Waals surface area contributed by atoms with Crippen LogP contribution in [0.5, 0.6) is 0 Å². The molecule has 0 aliphatic heterocycles. The van der Waals surface area contributed by atoms with Crippen molar-refractivity contribution < 1.29 is 4.79 Å². The van der Waals surface area contributed by atoms with Gasteiger partial charge in [-0.15, -0.1) is 0 Å². The van der Waals surface area contributed by atoms with Crippen LogP contribution in [0.1, 0.15) is 11.1 Å². The summed E-state index contributed by atoms with van der Waals surface area (Å²) in [5.74, 6) is -0.202. The number of aryl methyl sites for hydroxylation is 1. The van der Waals surface area contributed by atoms with Crippen LogP contribution in [0.4, 0.5) is 0 Å². The van der Waals surface area contributed by atoms with Crippen LogP contribution in [0.25, 0.3) is 10.9 Å². The molecule has 1 amide bonds. The molecular formula is C19H17Cl2N3O2. The van der Waals surface area contributed by atoms with E-state index in [-0.39, 0.29) is 18.0 Å². The van der Waals surface area contributed by atoms with Crippen molar-refractivity contribution >= 4 is 40.0 Å². The minimum Gasteiger partial charge on any atom is -0.340 e. The summed E-state index contributed by atoms with van der Waals surface area (Å²) in [6, 6.07) is 10.7. The topological polar surface area (TPSA) is 55.2 Å². The molecule has 0 saturated carbocycles. The van der Waals surface area contributed by atoms with Gasteiger partial charge < -0.3 is 4.90 Å². The fourth-order valence-corrected chi connectivity index (χ4v) is 2.97. The summed E-state index contributed by atoms with van der Waals surface area (Å²) in [6.45, 7) is 2.20. The molecule has 2 aromatic carbocycles. The van der Waals surface area contributed by atoms with Gasteiger partial charge in [0.1, 0.15) is 6.54 Å². The fourth-order valence-electron chi connectivity index (χ4n) is 2.65. The van der Waals surface area contributed by atoms with E-state index in [1.54, 1.807) is 31.3 Å². The van der Waals surface area contributed by atoms with Gasteiger partial charge in [-0.3, -0.25) is 14.2 Å². The molecule has 0 aliphatic carbocycles. The second-order valence-corrected chi connectivity index (χ2v) is 7.01. The number of benzene rings is 2. The predicted octanol–water partition coefficient (Wildman–Crippen LogP) is 3.67. The first-order chi connectivity index (χ1) is 12.3. The molecule has 3 rings (SSSR count). The van der Waals surface area contributed by atoms with Crippen molar-refractivity contribution in [1.82, 2.24) is 14.5 Å². The van der Waals surface area contributed by atoms with E-state index in [1.807, 2.05) is 19.1 Å². The fraction of sp³-hybridized carbons (Fsp3) is 0.211. The number of hydrogen-bond donors (Lipinski definition) is 0. The van der Waals surface area contributed by atoms with Crippen molar-refractivity contribution in [2.75, 3.05) is 7.05 Å². The van der Waals surface area contributed by atoms with Gasteiger partial charge in [-0.05, 0) is 36.8 Å². The highest BCUT2D eigenvalue weighted by Crippen LogP contribution is 2.23. The second-order valence-electron chi connectivity index (χ2n) is 6.20. The van der Waals surface area contributed by atoms with Crippen molar-refractivity contribution in [2.24, 2.45) is 0 Å². The van der Waals surface area contributed by atoms with E-state index in [0.29, 0.717) is 27.5 Å². The Bertz CT molecular complexity index is 1050. The number of halogens is 2. The smallest absolute Gasteiger partial charge is 0.261 e. The first-order valence-corrected chi connectivity index (χ1v) is 8.74. The van der Waals surface area contributed by atoms with Gasteiger partial charge in [0.2, 0.25) is 5.91 Å². The van der Waals surface area contributed by atoms with Crippen LogP contribution in [0.3, 0.4) is 0 Å². The molecule has 0 bridgehead atoms. The Morgan fingerprint density at radius 3 is 2.65 bits per heavy atom. The summed E-state index contributed by atoms with van der Waals surface area (Å²) in [5.41, 5.74) is 2.22. The Morgan fingerprint density at radius 2 is 1.92 bits per heavy atom. The summed E-state index contributed by atoms with van der Waals surface area (Å²) in [5, 5.41) is 1.41. The molecular weight excluding hydrogens is 373 g/mol. The average Bonchev–Trinajstić information content (AvgIpc) is 2.61. The van der Waals surface area contributed by atoms with Crippen molar-refractivity contribution in [3.63, 3.8) is 0 Å². The van der Waals surface area contributed by atoms with Crippen LogP contribution in [-0.4, -0.2) is 27.4 Å². The summed E-state index contributed by atoms with van der Waals surface area (Å²) >= 11 is 11.9. The number of hydrogen-bond acceptors (Lipinski definition) is 3. The molecule has 1 aromatic heterocycles. The SMILES string of the molecule is Cc1ccc2ncn(CC(=O)N(C)Cc3ccc(Cl)c(Cl)c3)c(=O)c2c1. The molecule has 5 nitrogen and oxygen atoms in total. The monoisotopic (exact) mass is 389 g/mol. The maximum absolute atomic E-state index is 12.6. The van der Waals surface area contributed by atoms with Gasteiger partial charge in [0, 0.05) is 13.6 Å². The zero-order valence-corrected chi connectivity index (χ0v) is 15.9. The maximum atomic E-state index is 12.6. The van der Waals surface area contributed by atoms with Gasteiger partial charge in [-0.2, -0.15) is 0 Å². The largest absolute Gasteiger partial charge is 0.340 e. The molecule has 7 heteroatoms. The lowest BCUT2D eigenvalue weighted by atomic mass is 10.2. The lowest BCUT2D eigenvalue weighted by Crippen LogP contribution is -2.33. The normalized spacial score (nSPS) is 10.9. The Morgan fingerprint density at radius 1 is 1.15 bits per heavy atom. The number of likely N-dealkylation sites (N-methyl/N-ethyl adjacent to an activating group) is 1. The summed E-state index contributed by atoms with van der Waals surface area (Å²) in [7, 11) is 1.68. The summed E-state index contributed by atoms with van der Waals surface area (Å²) in [4.78, 5) is 30.9. The number of aromatic nitrogens is 2. The highest BCUT2D eigenvalue weighted by Gasteiger charge is 2.13. The van der Waals surface area contributed by atoms with E-state index in [1.165, 1.54) is 15.8 Å². The van der Waals surface area contributed by atoms with Gasteiger partial charge in [0.15, 0.2) is 0 Å². The molecule has 0 N–H and O–H groups in total. The predicted molar refractivity (Wildman–Crippen MR) is 104 cm³/mol. The Hall–Kier alpha value is -2.37. The van der Waals surface area contributed by atoms with E-state index < -0.39 is 0 Å². The highest BCUT2D eigenvalue weighted by atomic mass is 35.5. The van der Waals surface area contributed by atoms with E-state index >= 15 is 0 Å². The van der Waals surface area contributed by atoms with Crippen LogP contribution >= 0.6 is 23.2 Å². The molecule has 0 radical (unpaired) electrons. The molecule has 1 heterocycles. The average molecular weight is 390 g/mol. The number of amides is 1. The van der Waals surface area contributed by atoms with Gasteiger partial charge in [-0.1, -0.05) is 40.9 Å². The first-order valence-electron chi connectivity index (χ1n) is 7.99. The van der Waals surface area contributed by atoms with Crippen molar-refractivity contribution in [2.45, 2.75) is 20.0 Å². The van der Waals surface area contributed by atoms with Crippen molar-refractivity contribution in [3.8, 4) is 0 Å². The van der Waals surface area contributed by atoms with E-state index in [9.17, 15) is 9.59 Å². The molecule has 0 spiro atoms. The lowest BCUT2D eigenvalue weighted by molar-refractivity contribution is -0.131. The third-order valence-corrected chi connectivity index (χ3v) is 4.85. The minimum atomic E-state index is -0.227. The minimum absolute atomic E-state index is 0.0759. The van der Waals surface area contributed by atoms with E-state index in [4.69, 9.17) is 23.2 Å². The van der Waals surface area contributed by atoms with Gasteiger partial charge >= 0.3 is 0 Å². The molecule has 0 atom stereocenters. The molecule has 0 unspecified atom stereocenters. The molecule has 26 heavy (non-hydrogen) atoms. The van der Waals surface area contributed by atoms with E-state index in [0.717, 1.165) is 11.1 Å². The third-order valence-electron chi connectivity index (χ3n) is 4.11. The van der Waals surface area contributed by atoms with Crippen molar-refractivity contribution in [1.29, 1.82) is 0 Å². The zero-order valence-electron chi connectivity index (χ0n) is 14.4. The lowest BCUT2D eigenvalue weighted by Gasteiger charge is -2.18. The Balaban J connectivity index is 1.78. The Labute approximate surface area is 160 Å². The third kappa shape index (κ3) is 3.89. The number of carbonyl (C=O) groups excluding carboxylic acids is 1. The maximum Gasteiger partial charge on any atom is 0.261 e. The number of rotatable bonds is 4. The first kappa shape index (κ1) is 18.4. The number of nitrogens with zero attached hydrogens (tertiary/aromatic N) is 3. The standard InChI is InChI=1S/C19H17Cl2N3O2/c1-12-3-6-17-14(7-12)19(26)24(11-22-17)10-18(25)23(2)9-13-4-5-15(20)16(21)8-13/h3-8,11H,9-10H2,1-2H3. The van der Waals surface area contributed by atoms with Gasteiger partial charge in [-0.25, -0.2) is 4.98 Å². The molecule has 0 saturated heterocycles. The second kappa shape index (κ2) is 7.48. The van der Waals surface area contributed by atoms with Crippen LogP contribution in [0, 0.1) is 6.92 Å². The number of carbonyl (C=O) groups is 1.